The average molecular weight is 412 g/mol. The van der Waals surface area contributed by atoms with E-state index in [1.807, 2.05) is 30.5 Å². The van der Waals surface area contributed by atoms with E-state index in [1.165, 1.54) is 6.20 Å². The van der Waals surface area contributed by atoms with Crippen molar-refractivity contribution >= 4 is 11.4 Å². The molecule has 1 unspecified atom stereocenters. The highest BCUT2D eigenvalue weighted by molar-refractivity contribution is 5.92. The van der Waals surface area contributed by atoms with E-state index in [4.69, 9.17) is 9.52 Å². The molecule has 5 aromatic heterocycles. The number of carbonyl (C=O) groups excluding carboxylic acids is 1. The molecule has 0 spiro atoms. The van der Waals surface area contributed by atoms with Crippen molar-refractivity contribution in [2.75, 3.05) is 6.54 Å². The lowest BCUT2D eigenvalue weighted by Gasteiger charge is -2.33. The summed E-state index contributed by atoms with van der Waals surface area (Å²) in [5, 5.41) is 4.70. The van der Waals surface area contributed by atoms with Gasteiger partial charge in [0.1, 0.15) is 6.04 Å². The number of hydrogen-bond donors (Lipinski definition) is 1. The van der Waals surface area contributed by atoms with Crippen LogP contribution in [0.15, 0.2) is 65.9 Å². The number of carbonyl (C=O) groups is 1. The maximum absolute atomic E-state index is 13.5. The SMILES string of the molecule is O=C(c1cnc(-c2ncccn2)o1)N1CCc2[nH]cnc2C1c1cc2ccccn2n1. The number of oxazole rings is 1. The Morgan fingerprint density at radius 1 is 1.13 bits per heavy atom. The predicted octanol–water partition coefficient (Wildman–Crippen LogP) is 2.29. The van der Waals surface area contributed by atoms with Gasteiger partial charge in [-0.1, -0.05) is 6.07 Å². The van der Waals surface area contributed by atoms with Crippen LogP contribution in [0.1, 0.15) is 33.7 Å². The van der Waals surface area contributed by atoms with Gasteiger partial charge in [-0.25, -0.2) is 24.5 Å². The number of fused-ring (bicyclic) bond motifs is 2. The third-order valence-corrected chi connectivity index (χ3v) is 5.33. The number of aromatic amines is 1. The van der Waals surface area contributed by atoms with E-state index < -0.39 is 6.04 Å². The van der Waals surface area contributed by atoms with Crippen LogP contribution in [0.5, 0.6) is 0 Å². The molecule has 0 aliphatic carbocycles. The molecule has 1 N–H and O–H groups in total. The van der Waals surface area contributed by atoms with Crippen LogP contribution in [-0.2, 0) is 6.42 Å². The number of hydrogen-bond acceptors (Lipinski definition) is 7. The molecule has 0 saturated carbocycles. The second-order valence-corrected chi connectivity index (χ2v) is 7.16. The van der Waals surface area contributed by atoms with Gasteiger partial charge in [0.15, 0.2) is 0 Å². The Labute approximate surface area is 175 Å². The summed E-state index contributed by atoms with van der Waals surface area (Å²) in [5.41, 5.74) is 3.46. The van der Waals surface area contributed by atoms with Gasteiger partial charge in [-0.3, -0.25) is 4.79 Å². The van der Waals surface area contributed by atoms with E-state index in [9.17, 15) is 4.79 Å². The molecule has 1 amide bonds. The van der Waals surface area contributed by atoms with Crippen LogP contribution in [0.2, 0.25) is 0 Å². The van der Waals surface area contributed by atoms with Crippen LogP contribution in [0, 0.1) is 0 Å². The fraction of sp³-hybridized carbons (Fsp3) is 0.143. The summed E-state index contributed by atoms with van der Waals surface area (Å²) in [4.78, 5) is 35.3. The molecule has 31 heavy (non-hydrogen) atoms. The van der Waals surface area contributed by atoms with Crippen LogP contribution < -0.4 is 0 Å². The molecule has 1 aliphatic heterocycles. The minimum Gasteiger partial charge on any atom is -0.428 e. The van der Waals surface area contributed by atoms with Crippen molar-refractivity contribution in [1.82, 2.24) is 39.4 Å². The lowest BCUT2D eigenvalue weighted by atomic mass is 9.99. The molecule has 10 heteroatoms. The summed E-state index contributed by atoms with van der Waals surface area (Å²) in [7, 11) is 0. The zero-order valence-electron chi connectivity index (χ0n) is 16.2. The van der Waals surface area contributed by atoms with Gasteiger partial charge in [-0.05, 0) is 24.3 Å². The third kappa shape index (κ3) is 2.88. The largest absolute Gasteiger partial charge is 0.428 e. The molecule has 10 nitrogen and oxygen atoms in total. The number of aromatic nitrogens is 7. The molecule has 0 bridgehead atoms. The van der Waals surface area contributed by atoms with Crippen molar-refractivity contribution in [1.29, 1.82) is 0 Å². The van der Waals surface area contributed by atoms with Gasteiger partial charge in [0, 0.05) is 37.3 Å². The van der Waals surface area contributed by atoms with E-state index in [1.54, 1.807) is 34.2 Å². The van der Waals surface area contributed by atoms with Gasteiger partial charge in [0.05, 0.1) is 29.4 Å². The summed E-state index contributed by atoms with van der Waals surface area (Å²) in [6, 6.07) is 9.07. The van der Waals surface area contributed by atoms with Gasteiger partial charge >= 0.3 is 0 Å². The lowest BCUT2D eigenvalue weighted by Crippen LogP contribution is -2.40. The van der Waals surface area contributed by atoms with Crippen LogP contribution in [0.4, 0.5) is 0 Å². The number of nitrogens with zero attached hydrogens (tertiary/aromatic N) is 7. The first-order valence-corrected chi connectivity index (χ1v) is 9.78. The second-order valence-electron chi connectivity index (χ2n) is 7.16. The maximum Gasteiger partial charge on any atom is 0.292 e. The van der Waals surface area contributed by atoms with Crippen molar-refractivity contribution in [3.05, 3.63) is 84.3 Å². The molecule has 1 atom stereocenters. The molecule has 6 heterocycles. The lowest BCUT2D eigenvalue weighted by molar-refractivity contribution is 0.0655. The smallest absolute Gasteiger partial charge is 0.292 e. The Morgan fingerprint density at radius 2 is 2.03 bits per heavy atom. The van der Waals surface area contributed by atoms with Gasteiger partial charge in [-0.2, -0.15) is 5.10 Å². The summed E-state index contributed by atoms with van der Waals surface area (Å²) in [6.07, 6.45) is 8.79. The fourth-order valence-corrected chi connectivity index (χ4v) is 3.91. The molecule has 6 rings (SSSR count). The second kappa shape index (κ2) is 6.87. The Balaban J connectivity index is 1.40. The molecule has 0 radical (unpaired) electrons. The Hall–Kier alpha value is -4.34. The Morgan fingerprint density at radius 3 is 2.90 bits per heavy atom. The van der Waals surface area contributed by atoms with E-state index >= 15 is 0 Å². The highest BCUT2D eigenvalue weighted by atomic mass is 16.4. The summed E-state index contributed by atoms with van der Waals surface area (Å²) >= 11 is 0. The molecule has 0 fully saturated rings. The van der Waals surface area contributed by atoms with Crippen molar-refractivity contribution in [3.63, 3.8) is 0 Å². The topological polar surface area (TPSA) is 118 Å². The minimum absolute atomic E-state index is 0.121. The Kier molecular flexibility index (Phi) is 3.88. The molecule has 0 saturated heterocycles. The highest BCUT2D eigenvalue weighted by Crippen LogP contribution is 2.34. The van der Waals surface area contributed by atoms with E-state index in [0.29, 0.717) is 18.8 Å². The quantitative estimate of drug-likeness (QED) is 0.483. The van der Waals surface area contributed by atoms with Gasteiger partial charge in [0.25, 0.3) is 11.8 Å². The van der Waals surface area contributed by atoms with Crippen LogP contribution in [0.25, 0.3) is 17.2 Å². The third-order valence-electron chi connectivity index (χ3n) is 5.33. The number of imidazole rings is 1. The number of H-pyrrole nitrogens is 1. The average Bonchev–Trinajstić information content (AvgIpc) is 3.57. The van der Waals surface area contributed by atoms with Crippen molar-refractivity contribution < 1.29 is 9.21 Å². The zero-order chi connectivity index (χ0) is 20.8. The van der Waals surface area contributed by atoms with Gasteiger partial charge < -0.3 is 14.3 Å². The number of amides is 1. The molecule has 0 aromatic carbocycles. The van der Waals surface area contributed by atoms with E-state index in [-0.39, 0.29) is 17.6 Å². The summed E-state index contributed by atoms with van der Waals surface area (Å²) in [6.45, 7) is 0.491. The zero-order valence-corrected chi connectivity index (χ0v) is 16.2. The summed E-state index contributed by atoms with van der Waals surface area (Å²) < 4.78 is 7.51. The fourth-order valence-electron chi connectivity index (χ4n) is 3.91. The molecular weight excluding hydrogens is 396 g/mol. The Bertz CT molecular complexity index is 1350. The van der Waals surface area contributed by atoms with Gasteiger partial charge in [-0.15, -0.1) is 0 Å². The van der Waals surface area contributed by atoms with Gasteiger partial charge in [0.2, 0.25) is 11.6 Å². The van der Waals surface area contributed by atoms with Crippen LogP contribution >= 0.6 is 0 Å². The molecular formula is C21H16N8O2. The first-order chi connectivity index (χ1) is 15.3. The first-order valence-electron chi connectivity index (χ1n) is 9.78. The van der Waals surface area contributed by atoms with E-state index in [2.05, 4.69) is 24.9 Å². The molecule has 1 aliphatic rings. The van der Waals surface area contributed by atoms with Crippen LogP contribution in [-0.4, -0.2) is 51.9 Å². The molecule has 152 valence electrons. The molecule has 5 aromatic rings. The maximum atomic E-state index is 13.5. The monoisotopic (exact) mass is 412 g/mol. The number of nitrogens with one attached hydrogen (secondary N) is 1. The number of pyridine rings is 1. The summed E-state index contributed by atoms with van der Waals surface area (Å²) in [5.74, 6) is 0.359. The number of rotatable bonds is 3. The van der Waals surface area contributed by atoms with E-state index in [0.717, 1.165) is 22.6 Å². The van der Waals surface area contributed by atoms with Crippen molar-refractivity contribution in [3.8, 4) is 11.7 Å². The minimum atomic E-state index is -0.441. The normalized spacial score (nSPS) is 15.9. The standard InChI is InChI=1S/C21H16N8O2/c30-21(16-11-24-20(31-16)19-22-6-3-7-23-19)28-9-5-14-17(26-12-25-14)18(28)15-10-13-4-1-2-8-29(13)27-15/h1-4,6-8,10-12,18H,5,9H2,(H,25,26). The predicted molar refractivity (Wildman–Crippen MR) is 108 cm³/mol. The van der Waals surface area contributed by atoms with Crippen molar-refractivity contribution in [2.45, 2.75) is 12.5 Å². The first kappa shape index (κ1) is 17.5. The van der Waals surface area contributed by atoms with Crippen molar-refractivity contribution in [2.24, 2.45) is 0 Å². The van der Waals surface area contributed by atoms with Crippen LogP contribution in [0.3, 0.4) is 0 Å². The highest BCUT2D eigenvalue weighted by Gasteiger charge is 2.37.